The summed E-state index contributed by atoms with van der Waals surface area (Å²) in [7, 11) is -3.81. The molecule has 14 aromatic rings. The zero-order valence-electron chi connectivity index (χ0n) is 67.6. The second kappa shape index (κ2) is 41.2. The number of halogens is 6. The molecule has 0 bridgehead atoms. The number of fused-ring (bicyclic) bond motifs is 2. The number of anilines is 2. The van der Waals surface area contributed by atoms with Gasteiger partial charge in [-0.05, 0) is 245 Å². The number of aromatic nitrogens is 14. The Morgan fingerprint density at radius 2 is 0.862 bits per heavy atom. The van der Waals surface area contributed by atoms with Gasteiger partial charge in [0.15, 0.2) is 17.1 Å². The third kappa shape index (κ3) is 22.3. The van der Waals surface area contributed by atoms with Crippen LogP contribution in [0.2, 0.25) is 0 Å². The van der Waals surface area contributed by atoms with Gasteiger partial charge in [0.2, 0.25) is 5.91 Å². The first-order chi connectivity index (χ1) is 59.7. The molecule has 0 radical (unpaired) electrons. The summed E-state index contributed by atoms with van der Waals surface area (Å²) in [6, 6.07) is 46.1. The standard InChI is InChI=1S/C22H21FN6O2.C20H19FN6O.C15H12FNO2S.C14H14BrFN2O.C14H15FN2O.C5H11NO/c1-14(30)25-19-12-29-20(26-19)7-6-18(27-29)22-21(15-2-4-16(23)5-3-15)24-13-28(22)17-8-10-31-11-9-17;21-14-3-1-13(2-4-14)19-20(26(12-23-19)15-7-9-28-10-8-15)16-5-6-18-24-17(22)11-27(18)25-16;1-11-3-9-14(10-4-11)20(18,19)15(17-2)12-5-7-13(16)8-6-12;15-14-13(10-1-3-11(16)4-2-10)17-9-18(14)12-5-7-19-8-6-12;15-12-3-1-11(2-4-12)14-9-17(10-16-14)13-5-7-18-8-6-13;6-5-1-3-7-4-2-5/h2-7,12-13,17H,8-11H2,1H3,(H,25,30);1-6,11-12,15H,7-10,22H2;3-10,15H,1H3;1-4,9,12H,5-8H2;1-4,9-10,13H,5-8H2;5H,1-4,6H2. The van der Waals surface area contributed by atoms with Gasteiger partial charge in [0.25, 0.3) is 9.84 Å². The molecule has 13 heterocycles. The molecule has 0 saturated carbocycles. The molecule has 5 N–H and O–H groups in total. The number of benzene rings is 6. The van der Waals surface area contributed by atoms with Crippen LogP contribution in [0, 0.1) is 42.6 Å². The summed E-state index contributed by atoms with van der Waals surface area (Å²) in [5.74, 6) is -0.827. The maximum Gasteiger partial charge on any atom is 0.350 e. The summed E-state index contributed by atoms with van der Waals surface area (Å²) >= 11 is 3.61. The molecule has 0 spiro atoms. The number of rotatable bonds is 14. The number of ether oxygens (including phenoxy) is 5. The van der Waals surface area contributed by atoms with Gasteiger partial charge in [-0.15, -0.1) is 0 Å². The van der Waals surface area contributed by atoms with Crippen molar-refractivity contribution in [3.63, 3.8) is 0 Å². The normalized spacial score (nSPS) is 15.8. The van der Waals surface area contributed by atoms with Gasteiger partial charge in [-0.3, -0.25) is 9.64 Å². The number of amides is 1. The lowest BCUT2D eigenvalue weighted by Crippen LogP contribution is -2.28. The number of aryl methyl sites for hydroxylation is 1. The minimum Gasteiger partial charge on any atom is -0.382 e. The van der Waals surface area contributed by atoms with Gasteiger partial charge >= 0.3 is 5.37 Å². The van der Waals surface area contributed by atoms with Crippen molar-refractivity contribution in [1.29, 1.82) is 0 Å². The molecule has 5 saturated heterocycles. The molecule has 26 nitrogen and oxygen atoms in total. The summed E-state index contributed by atoms with van der Waals surface area (Å²) in [5.41, 5.74) is 23.8. The van der Waals surface area contributed by atoms with E-state index in [1.165, 1.54) is 79.7 Å². The van der Waals surface area contributed by atoms with E-state index in [1.54, 1.807) is 82.1 Å². The van der Waals surface area contributed by atoms with E-state index in [2.05, 4.69) is 74.3 Å². The van der Waals surface area contributed by atoms with Crippen molar-refractivity contribution >= 4 is 54.6 Å². The predicted molar refractivity (Wildman–Crippen MR) is 459 cm³/mol. The van der Waals surface area contributed by atoms with Crippen LogP contribution in [0.4, 0.5) is 33.6 Å². The van der Waals surface area contributed by atoms with Crippen LogP contribution < -0.4 is 16.8 Å². The number of nitrogens with zero attached hydrogens (tertiary/aromatic N) is 15. The van der Waals surface area contributed by atoms with Crippen LogP contribution in [0.15, 0.2) is 223 Å². The van der Waals surface area contributed by atoms with Crippen molar-refractivity contribution in [3.05, 3.63) is 270 Å². The molecule has 5 fully saturated rings. The maximum absolute atomic E-state index is 13.5. The number of nitrogens with one attached hydrogen (secondary N) is 1. The molecule has 5 aliphatic rings. The number of hydrogen-bond donors (Lipinski definition) is 3. The van der Waals surface area contributed by atoms with E-state index in [1.807, 2.05) is 62.7 Å². The summed E-state index contributed by atoms with van der Waals surface area (Å²) in [6.07, 6.45) is 22.5. The molecule has 1 unspecified atom stereocenters. The van der Waals surface area contributed by atoms with Crippen molar-refractivity contribution in [2.75, 3.05) is 77.1 Å². The van der Waals surface area contributed by atoms with E-state index in [0.29, 0.717) is 60.0 Å². The first-order valence-electron chi connectivity index (χ1n) is 40.5. The fourth-order valence-electron chi connectivity index (χ4n) is 14.8. The van der Waals surface area contributed by atoms with Crippen LogP contribution in [-0.2, 0) is 38.3 Å². The molecule has 19 rings (SSSR count). The smallest absolute Gasteiger partial charge is 0.350 e. The van der Waals surface area contributed by atoms with Crippen molar-refractivity contribution in [2.45, 2.75) is 119 Å². The Morgan fingerprint density at radius 1 is 0.472 bits per heavy atom. The van der Waals surface area contributed by atoms with Crippen LogP contribution in [0.1, 0.15) is 112 Å². The second-order valence-corrected chi connectivity index (χ2v) is 32.7. The molecule has 0 aliphatic carbocycles. The van der Waals surface area contributed by atoms with Crippen LogP contribution >= 0.6 is 15.9 Å². The van der Waals surface area contributed by atoms with Crippen LogP contribution in [0.5, 0.6) is 0 Å². The minimum absolute atomic E-state index is 0.0911. The zero-order chi connectivity index (χ0) is 85.9. The van der Waals surface area contributed by atoms with Gasteiger partial charge < -0.3 is 58.7 Å². The van der Waals surface area contributed by atoms with Crippen LogP contribution in [0.3, 0.4) is 0 Å². The molecule has 8 aromatic heterocycles. The van der Waals surface area contributed by atoms with E-state index in [4.69, 9.17) is 51.9 Å². The Balaban J connectivity index is 0.000000125. The topological polar surface area (TPSA) is 297 Å². The van der Waals surface area contributed by atoms with E-state index in [9.17, 15) is 35.2 Å². The highest BCUT2D eigenvalue weighted by Gasteiger charge is 2.35. The average molecular weight is 1760 g/mol. The highest BCUT2D eigenvalue weighted by molar-refractivity contribution is 9.10. The second-order valence-electron chi connectivity index (χ2n) is 30.0. The molecule has 1 atom stereocenters. The Morgan fingerprint density at radius 3 is 1.30 bits per heavy atom. The maximum atomic E-state index is 13.5. The monoisotopic (exact) mass is 1760 g/mol. The van der Waals surface area contributed by atoms with Gasteiger partial charge in [-0.1, -0.05) is 17.7 Å². The lowest BCUT2D eigenvalue weighted by atomic mass is 10.1. The van der Waals surface area contributed by atoms with E-state index in [-0.39, 0.29) is 51.7 Å². The van der Waals surface area contributed by atoms with Gasteiger partial charge in [0.1, 0.15) is 56.6 Å². The quantitative estimate of drug-likeness (QED) is 0.0673. The molecule has 638 valence electrons. The molecular weight excluding hydrogens is 1670 g/mol. The Bertz CT molecular complexity index is 5980. The van der Waals surface area contributed by atoms with E-state index in [0.717, 1.165) is 201 Å². The SMILES string of the molecule is CC(=O)Nc1cn2nc(-c3c(-c4ccc(F)cc4)ncn3C3CCOCC3)ccc2n1.Fc1ccc(-c2cn(C3CCOCC3)cn2)cc1.Fc1ccc(-c2ncn(C3CCOCC3)c2Br)cc1.NC1CCOCC1.Nc1cn2nc(-c3c(-c4ccc(F)cc4)ncn3C3CCOCC3)ccc2n1.[C-]#[N+]C(c1ccc(F)cc1)S(=O)(=O)c1ccc(C)cc1. The summed E-state index contributed by atoms with van der Waals surface area (Å²) < 4.78 is 130. The van der Waals surface area contributed by atoms with E-state index < -0.39 is 21.0 Å². The zero-order valence-corrected chi connectivity index (χ0v) is 70.0. The third-order valence-corrected chi connectivity index (χ3v) is 24.1. The number of nitrogen functional groups attached to an aromatic ring is 1. The number of sulfone groups is 1. The predicted octanol–water partition coefficient (Wildman–Crippen LogP) is 17.5. The molecule has 33 heteroatoms. The van der Waals surface area contributed by atoms with Gasteiger partial charge in [-0.25, -0.2) is 75.9 Å². The molecule has 1 amide bonds. The van der Waals surface area contributed by atoms with Crippen molar-refractivity contribution < 1.29 is 58.8 Å². The van der Waals surface area contributed by atoms with Crippen LogP contribution in [0.25, 0.3) is 83.9 Å². The van der Waals surface area contributed by atoms with E-state index >= 15 is 0 Å². The fraction of sp³-hybridized carbons (Fsp3) is 0.311. The van der Waals surface area contributed by atoms with Gasteiger partial charge in [-0.2, -0.15) is 10.2 Å². The van der Waals surface area contributed by atoms with Gasteiger partial charge in [0, 0.05) is 132 Å². The van der Waals surface area contributed by atoms with Crippen molar-refractivity contribution in [2.24, 2.45) is 5.73 Å². The van der Waals surface area contributed by atoms with Crippen molar-refractivity contribution in [1.82, 2.24) is 67.4 Å². The summed E-state index contributed by atoms with van der Waals surface area (Å²) in [5, 5.41) is 10.8. The summed E-state index contributed by atoms with van der Waals surface area (Å²) in [4.78, 5) is 41.4. The Hall–Kier alpha value is -12.0. The molecular formula is C90H92BrF5N18O8S. The highest BCUT2D eigenvalue weighted by Crippen LogP contribution is 2.39. The first-order valence-corrected chi connectivity index (χ1v) is 42.8. The lowest BCUT2D eigenvalue weighted by molar-refractivity contribution is -0.114. The van der Waals surface area contributed by atoms with Crippen LogP contribution in [-0.4, -0.2) is 154 Å². The molecule has 5 aliphatic heterocycles. The van der Waals surface area contributed by atoms with Crippen molar-refractivity contribution in [3.8, 4) is 67.8 Å². The number of imidazole rings is 6. The number of carbonyl (C=O) groups excluding carboxylic acids is 1. The molecule has 6 aromatic carbocycles. The molecule has 123 heavy (non-hydrogen) atoms. The number of nitrogens with two attached hydrogens (primary N) is 2. The fourth-order valence-corrected chi connectivity index (χ4v) is 16.9. The number of hydrogen-bond acceptors (Lipinski definition) is 18. The summed E-state index contributed by atoms with van der Waals surface area (Å²) in [6.45, 7) is 18.2. The largest absolute Gasteiger partial charge is 0.382 e. The minimum atomic E-state index is -3.81. The third-order valence-electron chi connectivity index (χ3n) is 21.4. The van der Waals surface area contributed by atoms with Gasteiger partial charge in [0.05, 0.1) is 76.6 Å². The lowest BCUT2D eigenvalue weighted by Gasteiger charge is -2.25. The Labute approximate surface area is 715 Å². The average Bonchev–Trinajstić information content (AvgIpc) is 1.72. The highest BCUT2D eigenvalue weighted by atomic mass is 79.9. The Kier molecular flexibility index (Phi) is 29.3. The first kappa shape index (κ1) is 87.4. The number of carbonyl (C=O) groups is 1.